The smallest absolute Gasteiger partial charge is 0.122 e. The molecule has 124 valence electrons. The van der Waals surface area contributed by atoms with Crippen LogP contribution in [0.1, 0.15) is 32.3 Å². The summed E-state index contributed by atoms with van der Waals surface area (Å²) in [5, 5.41) is 3.45. The van der Waals surface area contributed by atoms with Crippen LogP contribution in [0.25, 0.3) is 0 Å². The average molecular weight is 313 g/mol. The van der Waals surface area contributed by atoms with E-state index >= 15 is 0 Å². The van der Waals surface area contributed by atoms with Gasteiger partial charge in [0.25, 0.3) is 0 Å². The van der Waals surface area contributed by atoms with Crippen LogP contribution in [0.2, 0.25) is 0 Å². The molecule has 1 atom stereocenters. The maximum absolute atomic E-state index is 6.12. The predicted molar refractivity (Wildman–Crippen MR) is 96.6 cm³/mol. The van der Waals surface area contributed by atoms with E-state index in [1.54, 1.807) is 0 Å². The summed E-state index contributed by atoms with van der Waals surface area (Å²) in [6.07, 6.45) is 2.10. The molecule has 23 heavy (non-hydrogen) atoms. The maximum atomic E-state index is 6.12. The van der Waals surface area contributed by atoms with Crippen molar-refractivity contribution in [3.63, 3.8) is 0 Å². The first-order valence-corrected chi connectivity index (χ1v) is 8.42. The predicted octanol–water partition coefficient (Wildman–Crippen LogP) is 5.05. The van der Waals surface area contributed by atoms with Crippen molar-refractivity contribution in [3.8, 4) is 11.5 Å². The zero-order valence-corrected chi connectivity index (χ0v) is 14.3. The van der Waals surface area contributed by atoms with Crippen LogP contribution in [0, 0.1) is 6.92 Å². The molecule has 1 N–H and O–H groups in total. The van der Waals surface area contributed by atoms with Crippen LogP contribution in [0.4, 0.5) is 5.69 Å². The maximum Gasteiger partial charge on any atom is 0.122 e. The van der Waals surface area contributed by atoms with E-state index in [1.165, 1.54) is 5.56 Å². The summed E-state index contributed by atoms with van der Waals surface area (Å²) in [6.45, 7) is 7.84. The first-order chi connectivity index (χ1) is 11.2. The minimum absolute atomic E-state index is 0.135. The van der Waals surface area contributed by atoms with Crippen LogP contribution < -0.4 is 14.8 Å². The third-order valence-electron chi connectivity index (χ3n) is 3.68. The molecule has 3 nitrogen and oxygen atoms in total. The van der Waals surface area contributed by atoms with E-state index < -0.39 is 0 Å². The van der Waals surface area contributed by atoms with Gasteiger partial charge in [-0.2, -0.15) is 0 Å². The molecule has 2 aromatic rings. The highest BCUT2D eigenvalue weighted by atomic mass is 16.5. The fourth-order valence-electron chi connectivity index (χ4n) is 2.28. The zero-order valence-electron chi connectivity index (χ0n) is 14.3. The highest BCUT2D eigenvalue weighted by Gasteiger charge is 2.09. The van der Waals surface area contributed by atoms with Gasteiger partial charge in [-0.1, -0.05) is 38.1 Å². The Morgan fingerprint density at radius 1 is 1.04 bits per heavy atom. The minimum atomic E-state index is 0.135. The van der Waals surface area contributed by atoms with Crippen molar-refractivity contribution in [2.75, 3.05) is 18.5 Å². The molecule has 0 radical (unpaired) electrons. The van der Waals surface area contributed by atoms with Gasteiger partial charge in [-0.05, 0) is 43.5 Å². The normalized spacial score (nSPS) is 11.8. The molecule has 0 bridgehead atoms. The SMILES string of the molecule is CCCOc1cccc(NCC(CC)Oc2ccccc2C)c1. The van der Waals surface area contributed by atoms with Crippen LogP contribution in [-0.2, 0) is 0 Å². The van der Waals surface area contributed by atoms with E-state index in [2.05, 4.69) is 38.2 Å². The number of hydrogen-bond acceptors (Lipinski definition) is 3. The quantitative estimate of drug-likeness (QED) is 0.702. The highest BCUT2D eigenvalue weighted by molar-refractivity contribution is 5.48. The molecule has 2 aromatic carbocycles. The van der Waals surface area contributed by atoms with E-state index in [1.807, 2.05) is 36.4 Å². The summed E-state index contributed by atoms with van der Waals surface area (Å²) in [6, 6.07) is 16.2. The Balaban J connectivity index is 1.91. The van der Waals surface area contributed by atoms with Crippen molar-refractivity contribution in [1.82, 2.24) is 0 Å². The Morgan fingerprint density at radius 3 is 2.61 bits per heavy atom. The van der Waals surface area contributed by atoms with Gasteiger partial charge in [0.1, 0.15) is 17.6 Å². The Morgan fingerprint density at radius 2 is 1.87 bits per heavy atom. The van der Waals surface area contributed by atoms with E-state index in [-0.39, 0.29) is 6.10 Å². The van der Waals surface area contributed by atoms with Crippen molar-refractivity contribution < 1.29 is 9.47 Å². The summed E-state index contributed by atoms with van der Waals surface area (Å²) in [7, 11) is 0. The first kappa shape index (κ1) is 17.2. The largest absolute Gasteiger partial charge is 0.494 e. The van der Waals surface area contributed by atoms with Crippen LogP contribution >= 0.6 is 0 Å². The molecule has 0 aliphatic rings. The third kappa shape index (κ3) is 5.51. The molecule has 0 aliphatic carbocycles. The number of hydrogen-bond donors (Lipinski definition) is 1. The van der Waals surface area contributed by atoms with Crippen molar-refractivity contribution >= 4 is 5.69 Å². The molecule has 3 heteroatoms. The highest BCUT2D eigenvalue weighted by Crippen LogP contribution is 2.20. The molecule has 0 spiro atoms. The van der Waals surface area contributed by atoms with E-state index in [0.29, 0.717) is 0 Å². The van der Waals surface area contributed by atoms with Crippen molar-refractivity contribution in [2.45, 2.75) is 39.7 Å². The first-order valence-electron chi connectivity index (χ1n) is 8.42. The van der Waals surface area contributed by atoms with Crippen LogP contribution in [0.15, 0.2) is 48.5 Å². The Bertz CT molecular complexity index is 598. The van der Waals surface area contributed by atoms with Gasteiger partial charge in [0.2, 0.25) is 0 Å². The lowest BCUT2D eigenvalue weighted by Gasteiger charge is -2.20. The Labute approximate surface area is 139 Å². The number of para-hydroxylation sites is 1. The average Bonchev–Trinajstić information content (AvgIpc) is 2.58. The number of ether oxygens (including phenoxy) is 2. The monoisotopic (exact) mass is 313 g/mol. The van der Waals surface area contributed by atoms with Gasteiger partial charge in [-0.3, -0.25) is 0 Å². The van der Waals surface area contributed by atoms with Gasteiger partial charge in [0, 0.05) is 11.8 Å². The third-order valence-corrected chi connectivity index (χ3v) is 3.68. The number of rotatable bonds is 9. The van der Waals surface area contributed by atoms with Gasteiger partial charge < -0.3 is 14.8 Å². The molecule has 1 unspecified atom stereocenters. The van der Waals surface area contributed by atoms with Crippen LogP contribution in [0.5, 0.6) is 11.5 Å². The second-order valence-electron chi connectivity index (χ2n) is 5.67. The van der Waals surface area contributed by atoms with Gasteiger partial charge in [0.05, 0.1) is 13.2 Å². The molecular weight excluding hydrogens is 286 g/mol. The van der Waals surface area contributed by atoms with Gasteiger partial charge in [-0.25, -0.2) is 0 Å². The molecule has 0 aromatic heterocycles. The number of anilines is 1. The van der Waals surface area contributed by atoms with Gasteiger partial charge >= 0.3 is 0 Å². The van der Waals surface area contributed by atoms with Crippen LogP contribution in [0.3, 0.4) is 0 Å². The summed E-state index contributed by atoms with van der Waals surface area (Å²) < 4.78 is 11.8. The molecule has 2 rings (SSSR count). The van der Waals surface area contributed by atoms with Crippen molar-refractivity contribution in [3.05, 3.63) is 54.1 Å². The Hall–Kier alpha value is -2.16. The second kappa shape index (κ2) is 9.09. The topological polar surface area (TPSA) is 30.5 Å². The standard InChI is InChI=1S/C20H27NO2/c1-4-13-22-19-11-8-10-17(14-19)21-15-18(5-2)23-20-12-7-6-9-16(20)3/h6-12,14,18,21H,4-5,13,15H2,1-3H3. The van der Waals surface area contributed by atoms with E-state index in [4.69, 9.17) is 9.47 Å². The van der Waals surface area contributed by atoms with Crippen molar-refractivity contribution in [2.24, 2.45) is 0 Å². The molecule has 0 saturated carbocycles. The second-order valence-corrected chi connectivity index (χ2v) is 5.67. The summed E-state index contributed by atoms with van der Waals surface area (Å²) in [4.78, 5) is 0. The molecule has 0 aliphatic heterocycles. The molecule has 0 heterocycles. The lowest BCUT2D eigenvalue weighted by Crippen LogP contribution is -2.25. The summed E-state index contributed by atoms with van der Waals surface area (Å²) in [5.41, 5.74) is 2.23. The van der Waals surface area contributed by atoms with Gasteiger partial charge in [-0.15, -0.1) is 0 Å². The Kier molecular flexibility index (Phi) is 6.79. The van der Waals surface area contributed by atoms with Crippen molar-refractivity contribution in [1.29, 1.82) is 0 Å². The zero-order chi connectivity index (χ0) is 16.5. The fraction of sp³-hybridized carbons (Fsp3) is 0.400. The molecule has 0 amide bonds. The fourth-order valence-corrected chi connectivity index (χ4v) is 2.28. The lowest BCUT2D eigenvalue weighted by molar-refractivity contribution is 0.208. The summed E-state index contributed by atoms with van der Waals surface area (Å²) >= 11 is 0. The molecule has 0 saturated heterocycles. The minimum Gasteiger partial charge on any atom is -0.494 e. The molecule has 0 fully saturated rings. The van der Waals surface area contributed by atoms with Crippen LogP contribution in [-0.4, -0.2) is 19.3 Å². The molecular formula is C20H27NO2. The van der Waals surface area contributed by atoms with E-state index in [9.17, 15) is 0 Å². The summed E-state index contributed by atoms with van der Waals surface area (Å²) in [5.74, 6) is 1.87. The lowest BCUT2D eigenvalue weighted by atomic mass is 10.2. The number of benzene rings is 2. The van der Waals surface area contributed by atoms with E-state index in [0.717, 1.165) is 43.2 Å². The van der Waals surface area contributed by atoms with Gasteiger partial charge in [0.15, 0.2) is 0 Å². The number of nitrogens with one attached hydrogen (secondary N) is 1. The number of aryl methyl sites for hydroxylation is 1.